The van der Waals surface area contributed by atoms with Gasteiger partial charge < -0.3 is 0 Å². The van der Waals surface area contributed by atoms with Gasteiger partial charge in [0, 0.05) is 5.02 Å². The third-order valence-corrected chi connectivity index (χ3v) is 3.37. The van der Waals surface area contributed by atoms with Gasteiger partial charge in [-0.3, -0.25) is 14.5 Å². The second-order valence-corrected chi connectivity index (χ2v) is 4.72. The zero-order valence-corrected chi connectivity index (χ0v) is 11.0. The third kappa shape index (κ3) is 2.02. The van der Waals surface area contributed by atoms with Gasteiger partial charge in [-0.1, -0.05) is 29.8 Å². The Balaban J connectivity index is 2.09. The van der Waals surface area contributed by atoms with E-state index in [1.807, 2.05) is 25.1 Å². The van der Waals surface area contributed by atoms with Crippen molar-refractivity contribution in [1.29, 1.82) is 0 Å². The summed E-state index contributed by atoms with van der Waals surface area (Å²) in [5.74, 6) is 0. The van der Waals surface area contributed by atoms with Crippen molar-refractivity contribution >= 4 is 22.6 Å². The lowest BCUT2D eigenvalue weighted by Crippen LogP contribution is -2.21. The molecule has 2 heterocycles. The zero-order chi connectivity index (χ0) is 13.4. The van der Waals surface area contributed by atoms with Crippen molar-refractivity contribution in [3.63, 3.8) is 0 Å². The fourth-order valence-corrected chi connectivity index (χ4v) is 2.16. The number of aromatic amines is 1. The molecular formula is C13H11ClN4O. The van der Waals surface area contributed by atoms with Gasteiger partial charge in [0.15, 0.2) is 5.52 Å². The highest BCUT2D eigenvalue weighted by atomic mass is 35.5. The van der Waals surface area contributed by atoms with E-state index in [-0.39, 0.29) is 5.56 Å². The van der Waals surface area contributed by atoms with Gasteiger partial charge in [0.1, 0.15) is 5.52 Å². The number of fused-ring (bicyclic) bond motifs is 1. The molecule has 0 bridgehead atoms. The first-order valence-corrected chi connectivity index (χ1v) is 6.18. The number of rotatable bonds is 2. The molecule has 0 radical (unpaired) electrons. The van der Waals surface area contributed by atoms with E-state index in [2.05, 4.69) is 15.2 Å². The second-order valence-electron chi connectivity index (χ2n) is 4.31. The first-order chi connectivity index (χ1) is 9.16. The summed E-state index contributed by atoms with van der Waals surface area (Å²) in [4.78, 5) is 16.5. The molecule has 0 aliphatic rings. The molecule has 0 spiro atoms. The van der Waals surface area contributed by atoms with Crippen LogP contribution in [0.1, 0.15) is 11.3 Å². The zero-order valence-electron chi connectivity index (χ0n) is 10.2. The standard InChI is InChI=1S/C13H11ClN4O/c1-8-11-12(17-16-8)13(19)18(7-15-11)6-9-4-2-3-5-10(9)14/h2-5,7H,6H2,1H3,(H,16,17). The molecule has 0 atom stereocenters. The Morgan fingerprint density at radius 1 is 1.32 bits per heavy atom. The Kier molecular flexibility index (Phi) is 2.83. The first-order valence-electron chi connectivity index (χ1n) is 5.80. The lowest BCUT2D eigenvalue weighted by molar-refractivity contribution is 0.746. The van der Waals surface area contributed by atoms with Crippen LogP contribution in [-0.2, 0) is 6.54 Å². The molecule has 2 aromatic heterocycles. The molecule has 5 nitrogen and oxygen atoms in total. The Morgan fingerprint density at radius 3 is 2.89 bits per heavy atom. The molecular weight excluding hydrogens is 264 g/mol. The minimum Gasteiger partial charge on any atom is -0.293 e. The average Bonchev–Trinajstić information content (AvgIpc) is 2.78. The van der Waals surface area contributed by atoms with E-state index in [1.54, 1.807) is 6.07 Å². The number of halogens is 1. The van der Waals surface area contributed by atoms with E-state index in [4.69, 9.17) is 11.6 Å². The van der Waals surface area contributed by atoms with Crippen LogP contribution in [0.25, 0.3) is 11.0 Å². The molecule has 0 aliphatic heterocycles. The van der Waals surface area contributed by atoms with E-state index in [0.717, 1.165) is 11.3 Å². The number of benzene rings is 1. The molecule has 1 aromatic carbocycles. The molecule has 19 heavy (non-hydrogen) atoms. The van der Waals surface area contributed by atoms with Crippen LogP contribution in [-0.4, -0.2) is 19.7 Å². The number of aryl methyl sites for hydroxylation is 1. The number of H-pyrrole nitrogens is 1. The highest BCUT2D eigenvalue weighted by molar-refractivity contribution is 6.31. The van der Waals surface area contributed by atoms with Crippen molar-refractivity contribution in [2.45, 2.75) is 13.5 Å². The molecule has 3 aromatic rings. The minimum absolute atomic E-state index is 0.172. The van der Waals surface area contributed by atoms with Crippen LogP contribution in [0, 0.1) is 6.92 Å². The fourth-order valence-electron chi connectivity index (χ4n) is 1.97. The molecule has 6 heteroatoms. The van der Waals surface area contributed by atoms with Crippen molar-refractivity contribution in [2.75, 3.05) is 0 Å². The Morgan fingerprint density at radius 2 is 2.11 bits per heavy atom. The summed E-state index contributed by atoms with van der Waals surface area (Å²) in [6.45, 7) is 2.22. The van der Waals surface area contributed by atoms with Crippen LogP contribution < -0.4 is 5.56 Å². The van der Waals surface area contributed by atoms with Crippen LogP contribution in [0.2, 0.25) is 5.02 Å². The highest BCUT2D eigenvalue weighted by Gasteiger charge is 2.10. The molecule has 0 fully saturated rings. The van der Waals surface area contributed by atoms with Crippen molar-refractivity contribution in [3.05, 3.63) is 57.2 Å². The van der Waals surface area contributed by atoms with Gasteiger partial charge in [-0.2, -0.15) is 5.10 Å². The van der Waals surface area contributed by atoms with Gasteiger partial charge in [-0.05, 0) is 18.6 Å². The maximum atomic E-state index is 12.3. The van der Waals surface area contributed by atoms with Gasteiger partial charge >= 0.3 is 0 Å². The summed E-state index contributed by atoms with van der Waals surface area (Å²) in [6.07, 6.45) is 1.52. The Hall–Kier alpha value is -2.14. The van der Waals surface area contributed by atoms with Gasteiger partial charge in [-0.25, -0.2) is 4.98 Å². The van der Waals surface area contributed by atoms with Gasteiger partial charge in [0.05, 0.1) is 18.6 Å². The number of hydrogen-bond acceptors (Lipinski definition) is 3. The minimum atomic E-state index is -0.172. The van der Waals surface area contributed by atoms with Crippen LogP contribution in [0.3, 0.4) is 0 Å². The van der Waals surface area contributed by atoms with Crippen LogP contribution >= 0.6 is 11.6 Å². The molecule has 3 rings (SSSR count). The largest absolute Gasteiger partial charge is 0.293 e. The van der Waals surface area contributed by atoms with Crippen LogP contribution in [0.15, 0.2) is 35.4 Å². The topological polar surface area (TPSA) is 63.6 Å². The number of nitrogens with zero attached hydrogens (tertiary/aromatic N) is 3. The predicted octanol–water partition coefficient (Wildman–Crippen LogP) is 2.13. The molecule has 96 valence electrons. The summed E-state index contributed by atoms with van der Waals surface area (Å²) in [5, 5.41) is 7.39. The summed E-state index contributed by atoms with van der Waals surface area (Å²) < 4.78 is 1.50. The lowest BCUT2D eigenvalue weighted by Gasteiger charge is -2.06. The maximum absolute atomic E-state index is 12.3. The van der Waals surface area contributed by atoms with Gasteiger partial charge in [-0.15, -0.1) is 0 Å². The molecule has 0 unspecified atom stereocenters. The fraction of sp³-hybridized carbons (Fsp3) is 0.154. The van der Waals surface area contributed by atoms with E-state index >= 15 is 0 Å². The lowest BCUT2D eigenvalue weighted by atomic mass is 10.2. The van der Waals surface area contributed by atoms with E-state index < -0.39 is 0 Å². The van der Waals surface area contributed by atoms with E-state index in [1.165, 1.54) is 10.9 Å². The molecule has 0 aliphatic carbocycles. The van der Waals surface area contributed by atoms with Crippen molar-refractivity contribution in [2.24, 2.45) is 0 Å². The second kappa shape index (κ2) is 4.51. The summed E-state index contributed by atoms with van der Waals surface area (Å²) in [6, 6.07) is 7.42. The van der Waals surface area contributed by atoms with Crippen LogP contribution in [0.4, 0.5) is 0 Å². The predicted molar refractivity (Wildman–Crippen MR) is 73.4 cm³/mol. The Bertz CT molecular complexity index is 806. The van der Waals surface area contributed by atoms with E-state index in [0.29, 0.717) is 22.6 Å². The number of hydrogen-bond donors (Lipinski definition) is 1. The molecule has 1 N–H and O–H groups in total. The van der Waals surface area contributed by atoms with Crippen molar-refractivity contribution < 1.29 is 0 Å². The summed E-state index contributed by atoms with van der Waals surface area (Å²) >= 11 is 6.09. The number of aromatic nitrogens is 4. The first kappa shape index (κ1) is 11.9. The smallest absolute Gasteiger partial charge is 0.282 e. The van der Waals surface area contributed by atoms with Crippen LogP contribution in [0.5, 0.6) is 0 Å². The SMILES string of the molecule is Cc1[nH]nc2c(=O)n(Cc3ccccc3Cl)cnc12. The summed E-state index contributed by atoms with van der Waals surface area (Å²) in [5.41, 5.74) is 2.46. The Labute approximate surface area is 113 Å². The average molecular weight is 275 g/mol. The molecule has 0 amide bonds. The number of nitrogens with one attached hydrogen (secondary N) is 1. The normalized spacial score (nSPS) is 11.1. The third-order valence-electron chi connectivity index (χ3n) is 3.00. The van der Waals surface area contributed by atoms with Gasteiger partial charge in [0.2, 0.25) is 0 Å². The van der Waals surface area contributed by atoms with Gasteiger partial charge in [0.25, 0.3) is 5.56 Å². The molecule has 0 saturated carbocycles. The summed E-state index contributed by atoms with van der Waals surface area (Å²) in [7, 11) is 0. The quantitative estimate of drug-likeness (QED) is 0.779. The highest BCUT2D eigenvalue weighted by Crippen LogP contribution is 2.16. The molecule has 0 saturated heterocycles. The van der Waals surface area contributed by atoms with Crippen molar-refractivity contribution in [3.8, 4) is 0 Å². The van der Waals surface area contributed by atoms with E-state index in [9.17, 15) is 4.79 Å². The monoisotopic (exact) mass is 274 g/mol. The van der Waals surface area contributed by atoms with Crippen molar-refractivity contribution in [1.82, 2.24) is 19.7 Å². The maximum Gasteiger partial charge on any atom is 0.282 e.